The normalized spacial score (nSPS) is 13.6. The molecule has 196 valence electrons. The highest BCUT2D eigenvalue weighted by Gasteiger charge is 2.59. The van der Waals surface area contributed by atoms with E-state index in [0.29, 0.717) is 11.2 Å². The molecule has 0 aliphatic heterocycles. The van der Waals surface area contributed by atoms with Crippen LogP contribution in [0.25, 0.3) is 10.2 Å². The first kappa shape index (κ1) is 26.5. The fourth-order valence-electron chi connectivity index (χ4n) is 3.60. The Kier molecular flexibility index (Phi) is 7.45. The average molecular weight is 540 g/mol. The Morgan fingerprint density at radius 3 is 2.49 bits per heavy atom. The first-order valence-corrected chi connectivity index (χ1v) is 11.5. The first-order chi connectivity index (χ1) is 17.5. The number of nitrogens with one attached hydrogen (secondary N) is 2. The number of ether oxygens (including phenoxy) is 2. The summed E-state index contributed by atoms with van der Waals surface area (Å²) in [6.45, 7) is -0.152. The van der Waals surface area contributed by atoms with Crippen LogP contribution in [-0.4, -0.2) is 52.4 Å². The third kappa shape index (κ3) is 5.41. The monoisotopic (exact) mass is 539 g/mol. The lowest BCUT2D eigenvalue weighted by molar-refractivity contribution is -0.252. The summed E-state index contributed by atoms with van der Waals surface area (Å²) in [6.07, 6.45) is -3.59. The van der Waals surface area contributed by atoms with Crippen LogP contribution in [0.15, 0.2) is 54.9 Å². The third-order valence-corrected chi connectivity index (χ3v) is 6.38. The predicted molar refractivity (Wildman–Crippen MR) is 128 cm³/mol. The summed E-state index contributed by atoms with van der Waals surface area (Å²) >= 11 is 0.910. The standard InChI is InChI=1S/C23H21F4N5O4S/c1-35-18(36-2)12-32-10-9-28-19(32)22(34,23(25,26)27)13-3-8-16-17(11-13)37-21(30-16)31-20(33)29-15-6-4-14(24)5-7-15/h3-11,18,34H,12H2,1-2H3,(H2,29,30,31,33). The molecule has 9 nitrogen and oxygen atoms in total. The lowest BCUT2D eigenvalue weighted by atomic mass is 9.91. The second-order valence-electron chi connectivity index (χ2n) is 7.80. The molecule has 1 atom stereocenters. The second kappa shape index (κ2) is 10.4. The Bertz CT molecular complexity index is 1390. The summed E-state index contributed by atoms with van der Waals surface area (Å²) in [5, 5.41) is 16.2. The van der Waals surface area contributed by atoms with Crippen molar-refractivity contribution in [1.82, 2.24) is 14.5 Å². The van der Waals surface area contributed by atoms with Gasteiger partial charge in [-0.15, -0.1) is 0 Å². The zero-order chi connectivity index (χ0) is 26.8. The number of aliphatic hydroxyl groups is 1. The lowest BCUT2D eigenvalue weighted by Gasteiger charge is -2.31. The lowest BCUT2D eigenvalue weighted by Crippen LogP contribution is -2.46. The maximum Gasteiger partial charge on any atom is 0.428 e. The molecule has 0 bridgehead atoms. The number of alkyl halides is 3. The van der Waals surface area contributed by atoms with Gasteiger partial charge in [0.1, 0.15) is 5.82 Å². The van der Waals surface area contributed by atoms with Gasteiger partial charge in [-0.3, -0.25) is 5.32 Å². The van der Waals surface area contributed by atoms with Crippen LogP contribution < -0.4 is 10.6 Å². The second-order valence-corrected chi connectivity index (χ2v) is 8.83. The summed E-state index contributed by atoms with van der Waals surface area (Å²) in [5.41, 5.74) is -3.32. The number of hydrogen-bond donors (Lipinski definition) is 3. The van der Waals surface area contributed by atoms with Gasteiger partial charge in [0, 0.05) is 37.9 Å². The number of halogens is 4. The molecule has 2 aromatic carbocycles. The third-order valence-electron chi connectivity index (χ3n) is 5.45. The minimum absolute atomic E-state index is 0.104. The largest absolute Gasteiger partial charge is 0.428 e. The Hall–Kier alpha value is -3.59. The average Bonchev–Trinajstić information content (AvgIpc) is 3.48. The molecular weight excluding hydrogens is 518 g/mol. The van der Waals surface area contributed by atoms with Gasteiger partial charge in [0.05, 0.1) is 16.8 Å². The van der Waals surface area contributed by atoms with Gasteiger partial charge in [-0.05, 0) is 36.4 Å². The van der Waals surface area contributed by atoms with Crippen LogP contribution in [0.5, 0.6) is 0 Å². The summed E-state index contributed by atoms with van der Waals surface area (Å²) in [5.74, 6) is -1.13. The van der Waals surface area contributed by atoms with Gasteiger partial charge < -0.3 is 24.5 Å². The number of rotatable bonds is 8. The minimum Gasteiger partial charge on any atom is -0.370 e. The fraction of sp³-hybridized carbons (Fsp3) is 0.261. The van der Waals surface area contributed by atoms with Crippen LogP contribution in [0.3, 0.4) is 0 Å². The van der Waals surface area contributed by atoms with Crippen molar-refractivity contribution in [1.29, 1.82) is 0 Å². The molecule has 2 aromatic heterocycles. The first-order valence-electron chi connectivity index (χ1n) is 10.7. The molecule has 4 aromatic rings. The molecule has 2 amide bonds. The van der Waals surface area contributed by atoms with E-state index in [1.807, 2.05) is 0 Å². The number of carbonyl (C=O) groups is 1. The van der Waals surface area contributed by atoms with E-state index in [4.69, 9.17) is 9.47 Å². The zero-order valence-corrected chi connectivity index (χ0v) is 20.2. The van der Waals surface area contributed by atoms with Gasteiger partial charge in [0.2, 0.25) is 5.60 Å². The number of carbonyl (C=O) groups excluding carboxylic acids is 1. The molecule has 0 radical (unpaired) electrons. The van der Waals surface area contributed by atoms with Crippen LogP contribution in [0, 0.1) is 5.82 Å². The van der Waals surface area contributed by atoms with Gasteiger partial charge >= 0.3 is 12.2 Å². The molecule has 0 aliphatic rings. The Labute approximate surface area is 211 Å². The van der Waals surface area contributed by atoms with Gasteiger partial charge in [0.15, 0.2) is 17.2 Å². The van der Waals surface area contributed by atoms with Crippen LogP contribution in [0.1, 0.15) is 11.4 Å². The molecule has 0 fully saturated rings. The van der Waals surface area contributed by atoms with Crippen molar-refractivity contribution in [3.05, 3.63) is 72.1 Å². The molecule has 0 spiro atoms. The van der Waals surface area contributed by atoms with Crippen LogP contribution in [0.4, 0.5) is 33.2 Å². The summed E-state index contributed by atoms with van der Waals surface area (Å²) in [4.78, 5) is 20.3. The van der Waals surface area contributed by atoms with Gasteiger partial charge in [-0.25, -0.2) is 19.2 Å². The van der Waals surface area contributed by atoms with Gasteiger partial charge in [0.25, 0.3) is 0 Å². The highest BCUT2D eigenvalue weighted by Crippen LogP contribution is 2.45. The number of hydrogen-bond acceptors (Lipinski definition) is 7. The van der Waals surface area contributed by atoms with E-state index in [9.17, 15) is 27.5 Å². The van der Waals surface area contributed by atoms with Crippen molar-refractivity contribution in [2.24, 2.45) is 0 Å². The summed E-state index contributed by atoms with van der Waals surface area (Å²) < 4.78 is 67.7. The van der Waals surface area contributed by atoms with Gasteiger partial charge in [-0.2, -0.15) is 13.2 Å². The van der Waals surface area contributed by atoms with E-state index in [0.717, 1.165) is 34.2 Å². The number of fused-ring (bicyclic) bond motifs is 1. The molecule has 14 heteroatoms. The van der Waals surface area contributed by atoms with Crippen LogP contribution in [0.2, 0.25) is 0 Å². The number of methoxy groups -OCH3 is 2. The van der Waals surface area contributed by atoms with E-state index in [1.54, 1.807) is 0 Å². The minimum atomic E-state index is -5.14. The van der Waals surface area contributed by atoms with E-state index in [-0.39, 0.29) is 16.4 Å². The molecule has 0 aliphatic carbocycles. The maximum atomic E-state index is 14.4. The van der Waals surface area contributed by atoms with Crippen molar-refractivity contribution in [3.8, 4) is 0 Å². The van der Waals surface area contributed by atoms with E-state index < -0.39 is 41.3 Å². The summed E-state index contributed by atoms with van der Waals surface area (Å²) in [6, 6.07) is 7.95. The number of amides is 2. The van der Waals surface area contributed by atoms with Gasteiger partial charge in [-0.1, -0.05) is 17.4 Å². The Morgan fingerprint density at radius 1 is 1.14 bits per heavy atom. The number of aromatic nitrogens is 3. The highest BCUT2D eigenvalue weighted by atomic mass is 32.1. The smallest absolute Gasteiger partial charge is 0.370 e. The SMILES string of the molecule is COC(Cn1ccnc1C(O)(c1ccc2nc(NC(=O)Nc3ccc(F)cc3)sc2c1)C(F)(F)F)OC. The molecule has 1 unspecified atom stereocenters. The molecule has 3 N–H and O–H groups in total. The molecule has 37 heavy (non-hydrogen) atoms. The topological polar surface area (TPSA) is 111 Å². The van der Waals surface area contributed by atoms with E-state index in [1.165, 1.54) is 50.7 Å². The Balaban J connectivity index is 1.64. The number of imidazole rings is 1. The number of urea groups is 1. The fourth-order valence-corrected chi connectivity index (χ4v) is 4.50. The van der Waals surface area contributed by atoms with Crippen molar-refractivity contribution in [2.45, 2.75) is 24.6 Å². The van der Waals surface area contributed by atoms with Crippen LogP contribution >= 0.6 is 11.3 Å². The van der Waals surface area contributed by atoms with E-state index in [2.05, 4.69) is 20.6 Å². The molecule has 0 saturated heterocycles. The molecular formula is C23H21F4N5O4S. The zero-order valence-electron chi connectivity index (χ0n) is 19.4. The Morgan fingerprint density at radius 2 is 1.84 bits per heavy atom. The number of thiazole rings is 1. The van der Waals surface area contributed by atoms with Crippen molar-refractivity contribution in [3.63, 3.8) is 0 Å². The molecule has 4 rings (SSSR count). The molecule has 2 heterocycles. The van der Waals surface area contributed by atoms with Crippen molar-refractivity contribution >= 4 is 38.4 Å². The number of anilines is 2. The maximum absolute atomic E-state index is 14.4. The quantitative estimate of drug-likeness (QED) is 0.221. The molecule has 0 saturated carbocycles. The van der Waals surface area contributed by atoms with E-state index >= 15 is 0 Å². The van der Waals surface area contributed by atoms with Crippen LogP contribution in [-0.2, 0) is 21.6 Å². The van der Waals surface area contributed by atoms with Crippen molar-refractivity contribution < 1.29 is 36.9 Å². The summed E-state index contributed by atoms with van der Waals surface area (Å²) in [7, 11) is 2.67. The number of benzene rings is 2. The highest BCUT2D eigenvalue weighted by molar-refractivity contribution is 7.22. The van der Waals surface area contributed by atoms with Crippen molar-refractivity contribution in [2.75, 3.05) is 24.9 Å². The predicted octanol–water partition coefficient (Wildman–Crippen LogP) is 4.69. The number of nitrogens with zero attached hydrogens (tertiary/aromatic N) is 3.